The molecule has 1 aliphatic carbocycles. The van der Waals surface area contributed by atoms with Crippen molar-refractivity contribution in [3.8, 4) is 5.88 Å². The van der Waals surface area contributed by atoms with Crippen molar-refractivity contribution < 1.29 is 14.5 Å². The Bertz CT molecular complexity index is 1170. The number of aromatic nitrogens is 2. The van der Waals surface area contributed by atoms with E-state index < -0.39 is 16.4 Å². The van der Waals surface area contributed by atoms with Crippen LogP contribution in [0.1, 0.15) is 43.7 Å². The number of non-ortho nitro benzene ring substituents is 1. The van der Waals surface area contributed by atoms with Gasteiger partial charge in [0, 0.05) is 30.5 Å². The molecule has 0 fully saturated rings. The van der Waals surface area contributed by atoms with Crippen LogP contribution in [0.4, 0.5) is 5.69 Å². The number of hydrogen-bond acceptors (Lipinski definition) is 6. The Morgan fingerprint density at radius 2 is 2.00 bits per heavy atom. The smallest absolute Gasteiger partial charge is 0.269 e. The highest BCUT2D eigenvalue weighted by Gasteiger charge is 2.43. The Labute approximate surface area is 164 Å². The van der Waals surface area contributed by atoms with Crippen LogP contribution in [-0.2, 0) is 4.79 Å². The Hall–Kier alpha value is -3.07. The summed E-state index contributed by atoms with van der Waals surface area (Å²) in [6, 6.07) is 5.97. The molecule has 0 radical (unpaired) electrons. The monoisotopic (exact) mass is 399 g/mol. The molecule has 2 N–H and O–H groups in total. The van der Waals surface area contributed by atoms with Crippen LogP contribution in [0.5, 0.6) is 5.88 Å². The highest BCUT2D eigenvalue weighted by molar-refractivity contribution is 7.71. The standard InChI is InChI=1S/C19H17N3O5S/c1-19(2)7-11(23)14-12(8-19)27-17-15(16(24)20-18(28)21-17)13(14)9-4-3-5-10(6-9)22(25)26/h3-6,13H,7-8H2,1-2H3,(H2,20,21,24,28). The zero-order valence-corrected chi connectivity index (χ0v) is 16.0. The number of carbonyl (C=O) groups excluding carboxylic acids is 1. The largest absolute Gasteiger partial charge is 0.444 e. The van der Waals surface area contributed by atoms with Gasteiger partial charge < -0.3 is 9.72 Å². The van der Waals surface area contributed by atoms with Crippen LogP contribution in [0.3, 0.4) is 0 Å². The maximum atomic E-state index is 13.0. The predicted molar refractivity (Wildman–Crippen MR) is 103 cm³/mol. The van der Waals surface area contributed by atoms with Crippen molar-refractivity contribution in [3.63, 3.8) is 0 Å². The van der Waals surface area contributed by atoms with Crippen LogP contribution in [0.2, 0.25) is 0 Å². The second kappa shape index (κ2) is 6.23. The summed E-state index contributed by atoms with van der Waals surface area (Å²) >= 11 is 5.05. The number of Topliss-reactive ketones (excluding diaryl/α,β-unsaturated/α-hetero) is 1. The number of ketones is 1. The van der Waals surface area contributed by atoms with E-state index in [0.717, 1.165) is 0 Å². The third-order valence-electron chi connectivity index (χ3n) is 5.04. The van der Waals surface area contributed by atoms with Gasteiger partial charge in [-0.1, -0.05) is 26.0 Å². The van der Waals surface area contributed by atoms with Gasteiger partial charge in [0.2, 0.25) is 5.88 Å². The fourth-order valence-electron chi connectivity index (χ4n) is 3.93. The molecule has 0 bridgehead atoms. The van der Waals surface area contributed by atoms with E-state index in [2.05, 4.69) is 9.97 Å². The summed E-state index contributed by atoms with van der Waals surface area (Å²) in [5, 5.41) is 11.2. The first-order chi connectivity index (χ1) is 13.2. The molecule has 0 spiro atoms. The van der Waals surface area contributed by atoms with Gasteiger partial charge in [-0.05, 0) is 23.2 Å². The van der Waals surface area contributed by atoms with Gasteiger partial charge >= 0.3 is 0 Å². The van der Waals surface area contributed by atoms with Crippen molar-refractivity contribution in [2.75, 3.05) is 0 Å². The summed E-state index contributed by atoms with van der Waals surface area (Å²) < 4.78 is 6.02. The van der Waals surface area contributed by atoms with Crippen molar-refractivity contribution in [2.45, 2.75) is 32.6 Å². The molecule has 4 rings (SSSR count). The van der Waals surface area contributed by atoms with Gasteiger partial charge in [0.15, 0.2) is 10.6 Å². The first kappa shape index (κ1) is 18.3. The van der Waals surface area contributed by atoms with Gasteiger partial charge in [-0.3, -0.25) is 24.7 Å². The molecule has 1 atom stereocenters. The number of carbonyl (C=O) groups is 1. The number of H-pyrrole nitrogens is 2. The number of nitrogens with zero attached hydrogens (tertiary/aromatic N) is 1. The summed E-state index contributed by atoms with van der Waals surface area (Å²) in [6.45, 7) is 3.94. The lowest BCUT2D eigenvalue weighted by Crippen LogP contribution is -2.35. The number of ether oxygens (including phenoxy) is 1. The number of nitrogens with one attached hydrogen (secondary N) is 2. The summed E-state index contributed by atoms with van der Waals surface area (Å²) in [5.74, 6) is -0.246. The van der Waals surface area contributed by atoms with E-state index in [9.17, 15) is 19.7 Å². The van der Waals surface area contributed by atoms with Gasteiger partial charge in [-0.2, -0.15) is 0 Å². The van der Waals surface area contributed by atoms with Gasteiger partial charge in [0.05, 0.1) is 16.4 Å². The molecule has 1 aromatic heterocycles. The third kappa shape index (κ3) is 2.97. The molecular formula is C19H17N3O5S. The molecule has 2 heterocycles. The maximum Gasteiger partial charge on any atom is 0.269 e. The van der Waals surface area contributed by atoms with Gasteiger partial charge in [-0.15, -0.1) is 0 Å². The van der Waals surface area contributed by atoms with E-state index in [1.54, 1.807) is 12.1 Å². The van der Waals surface area contributed by atoms with Gasteiger partial charge in [-0.25, -0.2) is 0 Å². The average molecular weight is 399 g/mol. The fourth-order valence-corrected chi connectivity index (χ4v) is 4.11. The second-order valence-corrected chi connectivity index (χ2v) is 8.22. The normalized spacial score (nSPS) is 20.2. The lowest BCUT2D eigenvalue weighted by molar-refractivity contribution is -0.384. The van der Waals surface area contributed by atoms with Crippen LogP contribution < -0.4 is 10.3 Å². The molecular weight excluding hydrogens is 382 g/mol. The molecule has 8 nitrogen and oxygen atoms in total. The molecule has 28 heavy (non-hydrogen) atoms. The number of allylic oxidation sites excluding steroid dienone is 2. The van der Waals surface area contributed by atoms with E-state index >= 15 is 0 Å². The summed E-state index contributed by atoms with van der Waals surface area (Å²) in [5.41, 5.74) is 0.161. The van der Waals surface area contributed by atoms with Crippen molar-refractivity contribution in [2.24, 2.45) is 5.41 Å². The van der Waals surface area contributed by atoms with Crippen LogP contribution in [0.15, 0.2) is 40.4 Å². The van der Waals surface area contributed by atoms with Crippen LogP contribution in [0, 0.1) is 20.3 Å². The van der Waals surface area contributed by atoms with E-state index in [4.69, 9.17) is 17.0 Å². The predicted octanol–water partition coefficient (Wildman–Crippen LogP) is 3.51. The summed E-state index contributed by atoms with van der Waals surface area (Å²) in [6.07, 6.45) is 0.809. The van der Waals surface area contributed by atoms with E-state index in [0.29, 0.717) is 29.7 Å². The summed E-state index contributed by atoms with van der Waals surface area (Å²) in [4.78, 5) is 41.8. The van der Waals surface area contributed by atoms with Crippen LogP contribution in [0.25, 0.3) is 0 Å². The van der Waals surface area contributed by atoms with Gasteiger partial charge in [0.1, 0.15) is 5.76 Å². The number of benzene rings is 1. The first-order valence-electron chi connectivity index (χ1n) is 8.71. The van der Waals surface area contributed by atoms with E-state index in [1.165, 1.54) is 12.1 Å². The molecule has 0 saturated heterocycles. The van der Waals surface area contributed by atoms with Gasteiger partial charge in [0.25, 0.3) is 11.2 Å². The van der Waals surface area contributed by atoms with Crippen molar-refractivity contribution in [3.05, 3.63) is 72.0 Å². The maximum absolute atomic E-state index is 13.0. The highest BCUT2D eigenvalue weighted by atomic mass is 32.1. The Morgan fingerprint density at radius 1 is 1.25 bits per heavy atom. The molecule has 2 aliphatic rings. The number of nitro groups is 1. The van der Waals surface area contributed by atoms with E-state index in [1.807, 2.05) is 13.8 Å². The minimum atomic E-state index is -0.766. The van der Waals surface area contributed by atoms with Crippen molar-refractivity contribution >= 4 is 23.7 Å². The lowest BCUT2D eigenvalue weighted by Gasteiger charge is -2.37. The van der Waals surface area contributed by atoms with Crippen molar-refractivity contribution in [1.29, 1.82) is 0 Å². The van der Waals surface area contributed by atoms with E-state index in [-0.39, 0.29) is 33.1 Å². The van der Waals surface area contributed by atoms with Crippen LogP contribution >= 0.6 is 12.2 Å². The second-order valence-electron chi connectivity index (χ2n) is 7.82. The molecule has 0 amide bonds. The zero-order chi connectivity index (χ0) is 20.2. The van der Waals surface area contributed by atoms with Crippen molar-refractivity contribution in [1.82, 2.24) is 9.97 Å². The number of hydrogen-bond donors (Lipinski definition) is 2. The Kier molecular flexibility index (Phi) is 4.07. The molecule has 144 valence electrons. The molecule has 9 heteroatoms. The lowest BCUT2D eigenvalue weighted by atomic mass is 9.70. The molecule has 2 aromatic rings. The minimum absolute atomic E-state index is 0.104. The number of aromatic amines is 2. The minimum Gasteiger partial charge on any atom is -0.444 e. The highest BCUT2D eigenvalue weighted by Crippen LogP contribution is 2.48. The molecule has 0 saturated carbocycles. The Balaban J connectivity index is 2.01. The Morgan fingerprint density at radius 3 is 2.71 bits per heavy atom. The molecule has 1 unspecified atom stereocenters. The zero-order valence-electron chi connectivity index (χ0n) is 15.2. The molecule has 1 aromatic carbocycles. The fraction of sp³-hybridized carbons (Fsp3) is 0.316. The third-order valence-corrected chi connectivity index (χ3v) is 5.24. The molecule has 1 aliphatic heterocycles. The quantitative estimate of drug-likeness (QED) is 0.453. The SMILES string of the molecule is CC1(C)CC(=O)C2=C(C1)Oc1[nH]c(=S)[nH]c(=O)c1C2c1cccc([N+](=O)[O-])c1. The number of nitro benzene ring substituents is 1. The topological polar surface area (TPSA) is 118 Å². The number of rotatable bonds is 2. The first-order valence-corrected chi connectivity index (χ1v) is 9.12. The average Bonchev–Trinajstić information content (AvgIpc) is 2.58. The van der Waals surface area contributed by atoms with Crippen LogP contribution in [-0.4, -0.2) is 20.7 Å². The summed E-state index contributed by atoms with van der Waals surface area (Å²) in [7, 11) is 0. The number of fused-ring (bicyclic) bond motifs is 1.